The molecular formula is C18H28N2. The predicted molar refractivity (Wildman–Crippen MR) is 86.8 cm³/mol. The number of hydrogen-bond donors (Lipinski definition) is 0. The number of pyridine rings is 1. The van der Waals surface area contributed by atoms with E-state index in [9.17, 15) is 0 Å². The molecule has 1 fully saturated rings. The molecule has 0 spiro atoms. The molecule has 2 nitrogen and oxygen atoms in total. The van der Waals surface area contributed by atoms with Crippen molar-refractivity contribution >= 4 is 5.70 Å². The Balaban J connectivity index is 2.31. The van der Waals surface area contributed by atoms with Crippen molar-refractivity contribution in [2.45, 2.75) is 58.8 Å². The van der Waals surface area contributed by atoms with E-state index in [1.54, 1.807) is 0 Å². The SMILES string of the molecule is C=C(c1c(C)cncc1C1CCC1)N(CCC)CCC. The summed E-state index contributed by atoms with van der Waals surface area (Å²) in [5.41, 5.74) is 5.28. The third-order valence-electron chi connectivity index (χ3n) is 4.37. The zero-order chi connectivity index (χ0) is 14.5. The normalized spacial score (nSPS) is 14.9. The first kappa shape index (κ1) is 15.1. The summed E-state index contributed by atoms with van der Waals surface area (Å²) in [5.74, 6) is 0.708. The van der Waals surface area contributed by atoms with Crippen LogP contribution in [-0.2, 0) is 0 Å². The van der Waals surface area contributed by atoms with E-state index in [4.69, 9.17) is 0 Å². The van der Waals surface area contributed by atoms with Gasteiger partial charge in [-0.05, 0) is 49.7 Å². The molecule has 0 bridgehead atoms. The fourth-order valence-electron chi connectivity index (χ4n) is 3.09. The lowest BCUT2D eigenvalue weighted by molar-refractivity contribution is 0.391. The molecule has 2 rings (SSSR count). The van der Waals surface area contributed by atoms with Gasteiger partial charge in [-0.15, -0.1) is 0 Å². The van der Waals surface area contributed by atoms with Gasteiger partial charge >= 0.3 is 0 Å². The minimum Gasteiger partial charge on any atom is -0.372 e. The van der Waals surface area contributed by atoms with Crippen molar-refractivity contribution < 1.29 is 0 Å². The minimum atomic E-state index is 0.708. The van der Waals surface area contributed by atoms with Gasteiger partial charge in [0.25, 0.3) is 0 Å². The van der Waals surface area contributed by atoms with Gasteiger partial charge in [-0.3, -0.25) is 4.98 Å². The zero-order valence-corrected chi connectivity index (χ0v) is 13.3. The van der Waals surface area contributed by atoms with E-state index in [-0.39, 0.29) is 0 Å². The molecule has 0 amide bonds. The summed E-state index contributed by atoms with van der Waals surface area (Å²) in [6, 6.07) is 0. The summed E-state index contributed by atoms with van der Waals surface area (Å²) in [7, 11) is 0. The van der Waals surface area contributed by atoms with Gasteiger partial charge in [0.2, 0.25) is 0 Å². The molecule has 2 heteroatoms. The third kappa shape index (κ3) is 3.05. The first-order valence-corrected chi connectivity index (χ1v) is 8.07. The molecule has 0 unspecified atom stereocenters. The second-order valence-corrected chi connectivity index (χ2v) is 5.98. The summed E-state index contributed by atoms with van der Waals surface area (Å²) < 4.78 is 0. The number of rotatable bonds is 7. The van der Waals surface area contributed by atoms with Gasteiger partial charge in [0, 0.05) is 36.7 Å². The fourth-order valence-corrected chi connectivity index (χ4v) is 3.09. The van der Waals surface area contributed by atoms with Crippen LogP contribution in [0.4, 0.5) is 0 Å². The molecule has 1 saturated carbocycles. The molecule has 1 aromatic heterocycles. The summed E-state index contributed by atoms with van der Waals surface area (Å²) in [4.78, 5) is 6.87. The van der Waals surface area contributed by atoms with Gasteiger partial charge in [0.15, 0.2) is 0 Å². The Hall–Kier alpha value is -1.31. The number of aryl methyl sites for hydroxylation is 1. The van der Waals surface area contributed by atoms with Gasteiger partial charge in [-0.25, -0.2) is 0 Å². The van der Waals surface area contributed by atoms with Gasteiger partial charge < -0.3 is 4.90 Å². The molecule has 1 aromatic rings. The topological polar surface area (TPSA) is 16.1 Å². The van der Waals surface area contributed by atoms with E-state index in [2.05, 4.69) is 43.4 Å². The average molecular weight is 272 g/mol. The molecule has 0 atom stereocenters. The first-order valence-electron chi connectivity index (χ1n) is 8.07. The molecule has 20 heavy (non-hydrogen) atoms. The maximum atomic E-state index is 4.42. The van der Waals surface area contributed by atoms with Crippen molar-refractivity contribution in [3.8, 4) is 0 Å². The van der Waals surface area contributed by atoms with E-state index in [0.717, 1.165) is 13.1 Å². The molecule has 1 heterocycles. The third-order valence-corrected chi connectivity index (χ3v) is 4.37. The van der Waals surface area contributed by atoms with Gasteiger partial charge in [-0.1, -0.05) is 26.8 Å². The number of nitrogens with zero attached hydrogens (tertiary/aromatic N) is 2. The van der Waals surface area contributed by atoms with E-state index in [1.807, 2.05) is 6.20 Å². The van der Waals surface area contributed by atoms with E-state index >= 15 is 0 Å². The lowest BCUT2D eigenvalue weighted by Gasteiger charge is -2.32. The van der Waals surface area contributed by atoms with Gasteiger partial charge in [0.05, 0.1) is 0 Å². The quantitative estimate of drug-likeness (QED) is 0.712. The second kappa shape index (κ2) is 6.92. The highest BCUT2D eigenvalue weighted by Gasteiger charge is 2.25. The van der Waals surface area contributed by atoms with Crippen LogP contribution in [0.15, 0.2) is 19.0 Å². The smallest absolute Gasteiger partial charge is 0.0373 e. The fraction of sp³-hybridized carbons (Fsp3) is 0.611. The monoisotopic (exact) mass is 272 g/mol. The van der Waals surface area contributed by atoms with Crippen molar-refractivity contribution in [2.75, 3.05) is 13.1 Å². The van der Waals surface area contributed by atoms with Crippen LogP contribution in [0.25, 0.3) is 5.70 Å². The highest BCUT2D eigenvalue weighted by molar-refractivity contribution is 5.68. The Morgan fingerprint density at radius 1 is 1.25 bits per heavy atom. The summed E-state index contributed by atoms with van der Waals surface area (Å²) in [6.45, 7) is 13.3. The van der Waals surface area contributed by atoms with Crippen LogP contribution < -0.4 is 0 Å². The van der Waals surface area contributed by atoms with Crippen LogP contribution in [-0.4, -0.2) is 23.0 Å². The van der Waals surface area contributed by atoms with Crippen LogP contribution >= 0.6 is 0 Å². The highest BCUT2D eigenvalue weighted by Crippen LogP contribution is 2.40. The molecular weight excluding hydrogens is 244 g/mol. The molecule has 0 radical (unpaired) electrons. The second-order valence-electron chi connectivity index (χ2n) is 5.98. The summed E-state index contributed by atoms with van der Waals surface area (Å²) in [6.07, 6.45) is 10.4. The Morgan fingerprint density at radius 2 is 1.90 bits per heavy atom. The molecule has 0 saturated heterocycles. The highest BCUT2D eigenvalue weighted by atomic mass is 15.1. The van der Waals surface area contributed by atoms with Gasteiger partial charge in [-0.2, -0.15) is 0 Å². The van der Waals surface area contributed by atoms with Crippen molar-refractivity contribution in [2.24, 2.45) is 0 Å². The van der Waals surface area contributed by atoms with Gasteiger partial charge in [0.1, 0.15) is 0 Å². The maximum Gasteiger partial charge on any atom is 0.0373 e. The largest absolute Gasteiger partial charge is 0.372 e. The molecule has 1 aliphatic carbocycles. The van der Waals surface area contributed by atoms with E-state index in [1.165, 1.54) is 54.5 Å². The molecule has 110 valence electrons. The molecule has 0 aromatic carbocycles. The standard InChI is InChI=1S/C18H28N2/c1-5-10-20(11-6-2)15(4)18-14(3)12-19-13-17(18)16-8-7-9-16/h12-13,16H,4-11H2,1-3H3. The van der Waals surface area contributed by atoms with Crippen molar-refractivity contribution in [1.29, 1.82) is 0 Å². The molecule has 0 aliphatic heterocycles. The van der Waals surface area contributed by atoms with Crippen molar-refractivity contribution in [3.05, 3.63) is 35.7 Å². The van der Waals surface area contributed by atoms with Crippen LogP contribution in [0.5, 0.6) is 0 Å². The Bertz CT molecular complexity index is 454. The van der Waals surface area contributed by atoms with Crippen LogP contribution in [0.2, 0.25) is 0 Å². The van der Waals surface area contributed by atoms with Crippen molar-refractivity contribution in [3.63, 3.8) is 0 Å². The Kier molecular flexibility index (Phi) is 5.22. The van der Waals surface area contributed by atoms with Crippen LogP contribution in [0.3, 0.4) is 0 Å². The summed E-state index contributed by atoms with van der Waals surface area (Å²) in [5, 5.41) is 0. The number of aromatic nitrogens is 1. The lowest BCUT2D eigenvalue weighted by Crippen LogP contribution is -2.25. The van der Waals surface area contributed by atoms with Crippen LogP contribution in [0, 0.1) is 6.92 Å². The predicted octanol–water partition coefficient (Wildman–Crippen LogP) is 4.75. The summed E-state index contributed by atoms with van der Waals surface area (Å²) >= 11 is 0. The lowest BCUT2D eigenvalue weighted by atomic mass is 9.77. The zero-order valence-electron chi connectivity index (χ0n) is 13.3. The number of hydrogen-bond acceptors (Lipinski definition) is 2. The van der Waals surface area contributed by atoms with E-state index in [0.29, 0.717) is 5.92 Å². The molecule has 1 aliphatic rings. The Labute approximate surface area is 123 Å². The minimum absolute atomic E-state index is 0.708. The average Bonchev–Trinajstić information content (AvgIpc) is 2.36. The molecule has 0 N–H and O–H groups in total. The van der Waals surface area contributed by atoms with Crippen LogP contribution in [0.1, 0.15) is 68.6 Å². The first-order chi connectivity index (χ1) is 9.69. The maximum absolute atomic E-state index is 4.42. The Morgan fingerprint density at radius 3 is 2.40 bits per heavy atom. The van der Waals surface area contributed by atoms with E-state index < -0.39 is 0 Å². The van der Waals surface area contributed by atoms with Crippen molar-refractivity contribution in [1.82, 2.24) is 9.88 Å².